The molecule has 41 heavy (non-hydrogen) atoms. The van der Waals surface area contributed by atoms with Crippen molar-refractivity contribution in [2.45, 2.75) is 0 Å². The summed E-state index contributed by atoms with van der Waals surface area (Å²) in [6.07, 6.45) is 9.55. The van der Waals surface area contributed by atoms with E-state index in [2.05, 4.69) is 0 Å². The average Bonchev–Trinajstić information content (AvgIpc) is 3.71. The van der Waals surface area contributed by atoms with E-state index in [4.69, 9.17) is 18.3 Å². The van der Waals surface area contributed by atoms with Crippen LogP contribution in [0.25, 0.3) is 44.8 Å². The predicted octanol–water partition coefficient (Wildman–Crippen LogP) is 8.37. The number of carbonyl (C=O) groups is 2. The Balaban J connectivity index is 1.29. The van der Waals surface area contributed by atoms with Crippen LogP contribution in [-0.2, 0) is 0 Å². The summed E-state index contributed by atoms with van der Waals surface area (Å²) in [4.78, 5) is 24.7. The highest BCUT2D eigenvalue weighted by molar-refractivity contribution is 6.11. The van der Waals surface area contributed by atoms with Gasteiger partial charge in [0.1, 0.15) is 11.5 Å². The molecule has 1 aliphatic rings. The zero-order valence-electron chi connectivity index (χ0n) is 21.7. The number of rotatable bonds is 6. The first kappa shape index (κ1) is 24.4. The fourth-order valence-electron chi connectivity index (χ4n) is 5.12. The third kappa shape index (κ3) is 4.61. The third-order valence-electron chi connectivity index (χ3n) is 7.07. The Morgan fingerprint density at radius 1 is 0.585 bits per heavy atom. The smallest absolute Gasteiger partial charge is 0.230 e. The molecule has 0 amide bonds. The van der Waals surface area contributed by atoms with Gasteiger partial charge in [-0.25, -0.2) is 0 Å². The van der Waals surface area contributed by atoms with Crippen molar-refractivity contribution in [3.8, 4) is 22.6 Å². The molecule has 0 aliphatic carbocycles. The molecule has 0 atom stereocenters. The zero-order chi connectivity index (χ0) is 27.8. The summed E-state index contributed by atoms with van der Waals surface area (Å²) >= 11 is 0. The Hall–Kier alpha value is -5.62. The van der Waals surface area contributed by atoms with Gasteiger partial charge in [0, 0.05) is 11.1 Å². The molecular formula is C35H22O6. The lowest BCUT2D eigenvalue weighted by Crippen LogP contribution is -2.03. The monoisotopic (exact) mass is 538 g/mol. The van der Waals surface area contributed by atoms with Crippen LogP contribution in [0, 0.1) is 0 Å². The van der Waals surface area contributed by atoms with Gasteiger partial charge in [0.05, 0.1) is 12.5 Å². The molecule has 3 heterocycles. The molecule has 0 N–H and O–H groups in total. The molecule has 198 valence electrons. The van der Waals surface area contributed by atoms with Crippen molar-refractivity contribution >= 4 is 45.3 Å². The SMILES string of the molecule is O=C(/C=C/c1ccc2c3c(ccc2c1)OCOc1ccc2cc(/C=C/C(=O)c4ccco4)ccc2c1-3)c1ccco1. The average molecular weight is 539 g/mol. The number of ketones is 2. The molecular weight excluding hydrogens is 516 g/mol. The van der Waals surface area contributed by atoms with Gasteiger partial charge in [-0.2, -0.15) is 0 Å². The Morgan fingerprint density at radius 2 is 1.07 bits per heavy atom. The number of ether oxygens (including phenoxy) is 2. The second kappa shape index (κ2) is 10.2. The van der Waals surface area contributed by atoms with Crippen LogP contribution in [0.5, 0.6) is 11.5 Å². The summed E-state index contributed by atoms with van der Waals surface area (Å²) in [5.74, 6) is 1.68. The maximum Gasteiger partial charge on any atom is 0.230 e. The second-order valence-corrected chi connectivity index (χ2v) is 9.59. The van der Waals surface area contributed by atoms with E-state index in [0.717, 1.165) is 55.3 Å². The van der Waals surface area contributed by atoms with Gasteiger partial charge in [0.15, 0.2) is 11.5 Å². The summed E-state index contributed by atoms with van der Waals surface area (Å²) in [5, 5.41) is 4.01. The van der Waals surface area contributed by atoms with E-state index in [1.54, 1.807) is 36.4 Å². The van der Waals surface area contributed by atoms with Crippen molar-refractivity contribution in [2.75, 3.05) is 6.79 Å². The van der Waals surface area contributed by atoms with E-state index >= 15 is 0 Å². The number of benzene rings is 4. The zero-order valence-corrected chi connectivity index (χ0v) is 21.7. The minimum Gasteiger partial charge on any atom is -0.461 e. The molecule has 0 fully saturated rings. The summed E-state index contributed by atoms with van der Waals surface area (Å²) in [7, 11) is 0. The van der Waals surface area contributed by atoms with Crippen LogP contribution in [0.15, 0.2) is 118 Å². The van der Waals surface area contributed by atoms with Gasteiger partial charge in [-0.15, -0.1) is 0 Å². The lowest BCUT2D eigenvalue weighted by Gasteiger charge is -2.14. The quantitative estimate of drug-likeness (QED) is 0.157. The molecule has 0 radical (unpaired) electrons. The van der Waals surface area contributed by atoms with Crippen LogP contribution in [-0.4, -0.2) is 18.4 Å². The Kier molecular flexibility index (Phi) is 6.06. The van der Waals surface area contributed by atoms with E-state index < -0.39 is 0 Å². The molecule has 0 saturated carbocycles. The first-order valence-electron chi connectivity index (χ1n) is 13.1. The normalized spacial score (nSPS) is 12.7. The van der Waals surface area contributed by atoms with Gasteiger partial charge in [-0.3, -0.25) is 9.59 Å². The van der Waals surface area contributed by atoms with E-state index in [1.807, 2.05) is 60.7 Å². The van der Waals surface area contributed by atoms with Crippen LogP contribution in [0.3, 0.4) is 0 Å². The van der Waals surface area contributed by atoms with Gasteiger partial charge in [-0.05, 0) is 93.4 Å². The lowest BCUT2D eigenvalue weighted by molar-refractivity contribution is 0.101. The van der Waals surface area contributed by atoms with Crippen LogP contribution in [0.4, 0.5) is 0 Å². The lowest BCUT2D eigenvalue weighted by atomic mass is 9.91. The van der Waals surface area contributed by atoms with E-state index in [-0.39, 0.29) is 18.4 Å². The number of hydrogen-bond acceptors (Lipinski definition) is 6. The van der Waals surface area contributed by atoms with Gasteiger partial charge in [0.2, 0.25) is 18.4 Å². The van der Waals surface area contributed by atoms with Crippen molar-refractivity contribution in [3.63, 3.8) is 0 Å². The van der Waals surface area contributed by atoms with Crippen molar-refractivity contribution < 1.29 is 27.9 Å². The van der Waals surface area contributed by atoms with E-state index in [1.165, 1.54) is 24.7 Å². The summed E-state index contributed by atoms with van der Waals surface area (Å²) in [6, 6.07) is 26.7. The van der Waals surface area contributed by atoms with Gasteiger partial charge >= 0.3 is 0 Å². The molecule has 4 aromatic carbocycles. The largest absolute Gasteiger partial charge is 0.461 e. The van der Waals surface area contributed by atoms with Crippen LogP contribution >= 0.6 is 0 Å². The molecule has 6 heteroatoms. The van der Waals surface area contributed by atoms with Crippen molar-refractivity contribution in [3.05, 3.63) is 132 Å². The number of carbonyl (C=O) groups excluding carboxylic acids is 2. The predicted molar refractivity (Wildman–Crippen MR) is 157 cm³/mol. The molecule has 6 nitrogen and oxygen atoms in total. The highest BCUT2D eigenvalue weighted by Gasteiger charge is 2.22. The summed E-state index contributed by atoms with van der Waals surface area (Å²) < 4.78 is 22.4. The molecule has 7 rings (SSSR count). The fraction of sp³-hybridized carbons (Fsp3) is 0.0286. The number of fused-ring (bicyclic) bond motifs is 7. The highest BCUT2D eigenvalue weighted by atomic mass is 16.7. The van der Waals surface area contributed by atoms with Crippen LogP contribution in [0.1, 0.15) is 32.2 Å². The Bertz CT molecular complexity index is 1850. The maximum absolute atomic E-state index is 12.4. The second-order valence-electron chi connectivity index (χ2n) is 9.59. The molecule has 0 spiro atoms. The molecule has 1 aliphatic heterocycles. The van der Waals surface area contributed by atoms with Crippen molar-refractivity contribution in [1.82, 2.24) is 0 Å². The Morgan fingerprint density at radius 3 is 1.51 bits per heavy atom. The van der Waals surface area contributed by atoms with Crippen molar-refractivity contribution in [2.24, 2.45) is 0 Å². The number of hydrogen-bond donors (Lipinski definition) is 0. The van der Waals surface area contributed by atoms with Crippen molar-refractivity contribution in [1.29, 1.82) is 0 Å². The van der Waals surface area contributed by atoms with Gasteiger partial charge in [-0.1, -0.05) is 48.6 Å². The minimum absolute atomic E-state index is 0.0996. The van der Waals surface area contributed by atoms with Gasteiger partial charge < -0.3 is 18.3 Å². The minimum atomic E-state index is -0.192. The first-order chi connectivity index (χ1) is 20.1. The van der Waals surface area contributed by atoms with E-state index in [0.29, 0.717) is 11.5 Å². The van der Waals surface area contributed by atoms with E-state index in [9.17, 15) is 9.59 Å². The fourth-order valence-corrected chi connectivity index (χ4v) is 5.12. The Labute approximate surface area is 234 Å². The summed E-state index contributed by atoms with van der Waals surface area (Å²) in [5.41, 5.74) is 3.67. The molecule has 0 saturated heterocycles. The maximum atomic E-state index is 12.4. The third-order valence-corrected chi connectivity index (χ3v) is 7.07. The first-order valence-corrected chi connectivity index (χ1v) is 13.1. The molecule has 0 bridgehead atoms. The standard InChI is InChI=1S/C35H22O6/c36-28(30-3-1-17-38-30)13-7-22-5-11-26-24(19-22)9-15-32-34(26)35-27-12-6-23(8-14-29(37)31-4-2-18-39-31)20-25(27)10-16-33(35)41-21-40-32/h1-20H,21H2/b13-7+,14-8+. The number of furan rings is 2. The molecule has 2 aromatic heterocycles. The topological polar surface area (TPSA) is 78.9 Å². The molecule has 6 aromatic rings. The summed E-state index contributed by atoms with van der Waals surface area (Å²) in [6.45, 7) is 0.0996. The highest BCUT2D eigenvalue weighted by Crippen LogP contribution is 2.47. The number of allylic oxidation sites excluding steroid dienone is 2. The van der Waals surface area contributed by atoms with Crippen LogP contribution in [0.2, 0.25) is 0 Å². The van der Waals surface area contributed by atoms with Crippen LogP contribution < -0.4 is 9.47 Å². The van der Waals surface area contributed by atoms with Gasteiger partial charge in [0.25, 0.3) is 0 Å². The molecule has 0 unspecified atom stereocenters.